The van der Waals surface area contributed by atoms with Crippen molar-refractivity contribution in [3.05, 3.63) is 29.3 Å². The van der Waals surface area contributed by atoms with Gasteiger partial charge in [-0.2, -0.15) is 0 Å². The van der Waals surface area contributed by atoms with Gasteiger partial charge in [0, 0.05) is 17.2 Å². The summed E-state index contributed by atoms with van der Waals surface area (Å²) in [5.41, 5.74) is 8.24. The number of rotatable bonds is 7. The minimum atomic E-state index is 0.0814. The maximum Gasteiger partial charge on any atom is 0.227 e. The van der Waals surface area contributed by atoms with E-state index in [9.17, 15) is 4.79 Å². The molecule has 1 amide bonds. The van der Waals surface area contributed by atoms with E-state index in [0.29, 0.717) is 4.99 Å². The SMILES string of the molecule is CCCC(CCC)C(=O)Nc1cc(C(N)=S)ccc1C. The Kier molecular flexibility index (Phi) is 6.65. The van der Waals surface area contributed by atoms with Gasteiger partial charge in [0.15, 0.2) is 0 Å². The van der Waals surface area contributed by atoms with Crippen LogP contribution >= 0.6 is 12.2 Å². The molecule has 3 N–H and O–H groups in total. The molecular weight excluding hydrogens is 268 g/mol. The first-order valence-corrected chi connectivity index (χ1v) is 7.61. The number of hydrogen-bond donors (Lipinski definition) is 2. The summed E-state index contributed by atoms with van der Waals surface area (Å²) in [4.78, 5) is 12.7. The minimum absolute atomic E-state index is 0.0814. The van der Waals surface area contributed by atoms with Gasteiger partial charge in [-0.15, -0.1) is 0 Å². The lowest BCUT2D eigenvalue weighted by Crippen LogP contribution is -2.23. The predicted molar refractivity (Wildman–Crippen MR) is 89.0 cm³/mol. The average Bonchev–Trinajstić information content (AvgIpc) is 2.40. The Bertz CT molecular complexity index is 479. The number of aryl methyl sites for hydroxylation is 1. The van der Waals surface area contributed by atoms with Gasteiger partial charge >= 0.3 is 0 Å². The van der Waals surface area contributed by atoms with Gasteiger partial charge in [0.1, 0.15) is 4.99 Å². The fraction of sp³-hybridized carbons (Fsp3) is 0.500. The van der Waals surface area contributed by atoms with Gasteiger partial charge in [-0.25, -0.2) is 0 Å². The van der Waals surface area contributed by atoms with Crippen LogP contribution in [0.3, 0.4) is 0 Å². The third-order valence-corrected chi connectivity index (χ3v) is 3.66. The predicted octanol–water partition coefficient (Wildman–Crippen LogP) is 3.78. The van der Waals surface area contributed by atoms with Crippen molar-refractivity contribution < 1.29 is 4.79 Å². The van der Waals surface area contributed by atoms with Crippen molar-refractivity contribution in [3.63, 3.8) is 0 Å². The molecule has 0 saturated heterocycles. The van der Waals surface area contributed by atoms with Crippen molar-refractivity contribution in [1.82, 2.24) is 0 Å². The summed E-state index contributed by atoms with van der Waals surface area (Å²) >= 11 is 4.98. The quantitative estimate of drug-likeness (QED) is 0.752. The highest BCUT2D eigenvalue weighted by Crippen LogP contribution is 2.21. The molecule has 0 aliphatic rings. The molecular formula is C16H24N2OS. The van der Waals surface area contributed by atoms with Gasteiger partial charge in [-0.05, 0) is 31.4 Å². The van der Waals surface area contributed by atoms with Crippen LogP contribution in [0.1, 0.15) is 50.7 Å². The van der Waals surface area contributed by atoms with Crippen molar-refractivity contribution in [3.8, 4) is 0 Å². The standard InChI is InChI=1S/C16H24N2OS/c1-4-6-12(7-5-2)16(19)18-14-10-13(15(17)20)9-8-11(14)3/h8-10,12H,4-7H2,1-3H3,(H2,17,20)(H,18,19). The Morgan fingerprint density at radius 1 is 1.30 bits per heavy atom. The summed E-state index contributed by atoms with van der Waals surface area (Å²) < 4.78 is 0. The number of anilines is 1. The average molecular weight is 292 g/mol. The van der Waals surface area contributed by atoms with E-state index >= 15 is 0 Å². The highest BCUT2D eigenvalue weighted by molar-refractivity contribution is 7.80. The van der Waals surface area contributed by atoms with Crippen LogP contribution < -0.4 is 11.1 Å². The maximum atomic E-state index is 12.4. The lowest BCUT2D eigenvalue weighted by atomic mass is 9.97. The van der Waals surface area contributed by atoms with Crippen LogP contribution in [-0.4, -0.2) is 10.9 Å². The first-order chi connectivity index (χ1) is 9.49. The van der Waals surface area contributed by atoms with E-state index in [2.05, 4.69) is 19.2 Å². The van der Waals surface area contributed by atoms with Crippen molar-refractivity contribution in [2.75, 3.05) is 5.32 Å². The molecule has 0 heterocycles. The van der Waals surface area contributed by atoms with E-state index in [1.165, 1.54) is 0 Å². The third kappa shape index (κ3) is 4.60. The summed E-state index contributed by atoms with van der Waals surface area (Å²) in [5, 5.41) is 3.02. The van der Waals surface area contributed by atoms with E-state index < -0.39 is 0 Å². The van der Waals surface area contributed by atoms with Gasteiger partial charge in [-0.1, -0.05) is 51.0 Å². The number of nitrogens with two attached hydrogens (primary N) is 1. The van der Waals surface area contributed by atoms with E-state index in [1.54, 1.807) is 0 Å². The second-order valence-electron chi connectivity index (χ2n) is 5.16. The van der Waals surface area contributed by atoms with E-state index in [1.807, 2.05) is 25.1 Å². The van der Waals surface area contributed by atoms with Crippen LogP contribution in [0.2, 0.25) is 0 Å². The highest BCUT2D eigenvalue weighted by Gasteiger charge is 2.17. The number of carbonyl (C=O) groups excluding carboxylic acids is 1. The summed E-state index contributed by atoms with van der Waals surface area (Å²) in [7, 11) is 0. The molecule has 0 bridgehead atoms. The van der Waals surface area contributed by atoms with Crippen LogP contribution in [0.5, 0.6) is 0 Å². The molecule has 0 radical (unpaired) electrons. The molecule has 0 aliphatic heterocycles. The Labute approximate surface area is 126 Å². The monoisotopic (exact) mass is 292 g/mol. The number of nitrogens with one attached hydrogen (secondary N) is 1. The summed E-state index contributed by atoms with van der Waals surface area (Å²) in [5.74, 6) is 0.176. The minimum Gasteiger partial charge on any atom is -0.389 e. The number of carbonyl (C=O) groups is 1. The Balaban J connectivity index is 2.87. The van der Waals surface area contributed by atoms with E-state index in [-0.39, 0.29) is 11.8 Å². The molecule has 3 nitrogen and oxygen atoms in total. The van der Waals surface area contributed by atoms with E-state index in [0.717, 1.165) is 42.5 Å². The summed E-state index contributed by atoms with van der Waals surface area (Å²) in [6, 6.07) is 5.66. The molecule has 0 fully saturated rings. The first-order valence-electron chi connectivity index (χ1n) is 7.20. The topological polar surface area (TPSA) is 55.1 Å². The summed E-state index contributed by atoms with van der Waals surface area (Å²) in [6.45, 7) is 6.18. The lowest BCUT2D eigenvalue weighted by molar-refractivity contribution is -0.120. The van der Waals surface area contributed by atoms with Crippen LogP contribution in [0, 0.1) is 12.8 Å². The Morgan fingerprint density at radius 2 is 1.90 bits per heavy atom. The van der Waals surface area contributed by atoms with Crippen LogP contribution in [0.15, 0.2) is 18.2 Å². The van der Waals surface area contributed by atoms with Crippen LogP contribution in [-0.2, 0) is 4.79 Å². The highest BCUT2D eigenvalue weighted by atomic mass is 32.1. The van der Waals surface area contributed by atoms with Crippen molar-refractivity contribution >= 4 is 28.8 Å². The largest absolute Gasteiger partial charge is 0.389 e. The molecule has 20 heavy (non-hydrogen) atoms. The van der Waals surface area contributed by atoms with Crippen molar-refractivity contribution in [1.29, 1.82) is 0 Å². The zero-order chi connectivity index (χ0) is 15.1. The van der Waals surface area contributed by atoms with E-state index in [4.69, 9.17) is 18.0 Å². The van der Waals surface area contributed by atoms with Gasteiger partial charge < -0.3 is 11.1 Å². The second kappa shape index (κ2) is 8.00. The molecule has 1 rings (SSSR count). The normalized spacial score (nSPS) is 10.6. The molecule has 1 aromatic carbocycles. The van der Waals surface area contributed by atoms with Gasteiger partial charge in [0.2, 0.25) is 5.91 Å². The number of hydrogen-bond acceptors (Lipinski definition) is 2. The lowest BCUT2D eigenvalue weighted by Gasteiger charge is -2.17. The first kappa shape index (κ1) is 16.6. The molecule has 0 aliphatic carbocycles. The summed E-state index contributed by atoms with van der Waals surface area (Å²) in [6.07, 6.45) is 3.88. The van der Waals surface area contributed by atoms with Gasteiger partial charge in [0.25, 0.3) is 0 Å². The second-order valence-corrected chi connectivity index (χ2v) is 5.60. The molecule has 0 unspecified atom stereocenters. The van der Waals surface area contributed by atoms with Crippen LogP contribution in [0.25, 0.3) is 0 Å². The third-order valence-electron chi connectivity index (χ3n) is 3.43. The maximum absolute atomic E-state index is 12.4. The molecule has 1 aromatic rings. The zero-order valence-electron chi connectivity index (χ0n) is 12.5. The molecule has 0 atom stereocenters. The molecule has 110 valence electrons. The molecule has 4 heteroatoms. The number of amides is 1. The molecule has 0 spiro atoms. The fourth-order valence-electron chi connectivity index (χ4n) is 2.25. The van der Waals surface area contributed by atoms with Gasteiger partial charge in [0.05, 0.1) is 0 Å². The Hall–Kier alpha value is -1.42. The molecule has 0 saturated carbocycles. The zero-order valence-corrected chi connectivity index (χ0v) is 13.3. The molecule has 0 aromatic heterocycles. The Morgan fingerprint density at radius 3 is 2.40 bits per heavy atom. The fourth-order valence-corrected chi connectivity index (χ4v) is 2.38. The van der Waals surface area contributed by atoms with Crippen molar-refractivity contribution in [2.45, 2.75) is 46.5 Å². The number of benzene rings is 1. The van der Waals surface area contributed by atoms with Crippen LogP contribution in [0.4, 0.5) is 5.69 Å². The van der Waals surface area contributed by atoms with Crippen molar-refractivity contribution in [2.24, 2.45) is 11.7 Å². The smallest absolute Gasteiger partial charge is 0.227 e. The number of thiocarbonyl (C=S) groups is 1. The van der Waals surface area contributed by atoms with Gasteiger partial charge in [-0.3, -0.25) is 4.79 Å².